The molecule has 6 aromatic carbocycles. The molecule has 0 bridgehead atoms. The monoisotopic (exact) mass is 608 g/mol. The molecule has 9 rings (SSSR count). The van der Waals surface area contributed by atoms with Crippen molar-refractivity contribution >= 4 is 38.9 Å². The molecule has 0 saturated heterocycles. The maximum absolute atomic E-state index is 2.49. The Morgan fingerprint density at radius 2 is 1.21 bits per heavy atom. The van der Waals surface area contributed by atoms with Gasteiger partial charge >= 0.3 is 0 Å². The van der Waals surface area contributed by atoms with Gasteiger partial charge in [0, 0.05) is 38.9 Å². The summed E-state index contributed by atoms with van der Waals surface area (Å²) in [7, 11) is 0. The molecule has 0 unspecified atom stereocenters. The molecule has 0 atom stereocenters. The maximum Gasteiger partial charge on any atom is 0.0543 e. The predicted molar refractivity (Wildman–Crippen MR) is 199 cm³/mol. The Hall–Kier alpha value is -5.08. The van der Waals surface area contributed by atoms with E-state index in [0.717, 1.165) is 5.69 Å². The molecule has 1 heterocycles. The zero-order valence-electron chi connectivity index (χ0n) is 27.3. The lowest BCUT2D eigenvalue weighted by Gasteiger charge is -2.28. The van der Waals surface area contributed by atoms with E-state index in [1.807, 2.05) is 0 Å². The maximum atomic E-state index is 2.49. The molecule has 2 heteroatoms. The second-order valence-electron chi connectivity index (χ2n) is 14.1. The first-order chi connectivity index (χ1) is 23.1. The fourth-order valence-electron chi connectivity index (χ4n) is 8.57. The van der Waals surface area contributed by atoms with E-state index in [-0.39, 0.29) is 5.41 Å². The van der Waals surface area contributed by atoms with Crippen LogP contribution in [0.5, 0.6) is 0 Å². The second kappa shape index (κ2) is 11.0. The van der Waals surface area contributed by atoms with E-state index >= 15 is 0 Å². The minimum absolute atomic E-state index is 0.0621. The lowest BCUT2D eigenvalue weighted by atomic mass is 9.82. The molecule has 7 aromatic rings. The van der Waals surface area contributed by atoms with Crippen molar-refractivity contribution in [3.05, 3.63) is 156 Å². The summed E-state index contributed by atoms with van der Waals surface area (Å²) in [5, 5.41) is 2.59. The van der Waals surface area contributed by atoms with Gasteiger partial charge in [0.05, 0.1) is 11.0 Å². The number of anilines is 3. The molecule has 47 heavy (non-hydrogen) atoms. The SMILES string of the molecule is CC1(C)c2ccccc2-c2ccc(N(c3ccccc3)c3ccc4c(c3)c3ccc(C5CCCCC5)cc3n4-c3ccccc3)cc21. The largest absolute Gasteiger partial charge is 0.310 e. The van der Waals surface area contributed by atoms with Crippen LogP contribution in [0.15, 0.2) is 140 Å². The van der Waals surface area contributed by atoms with Gasteiger partial charge in [0.1, 0.15) is 0 Å². The fourth-order valence-corrected chi connectivity index (χ4v) is 8.57. The van der Waals surface area contributed by atoms with Gasteiger partial charge < -0.3 is 9.47 Å². The summed E-state index contributed by atoms with van der Waals surface area (Å²) in [6.07, 6.45) is 6.66. The van der Waals surface area contributed by atoms with E-state index in [9.17, 15) is 0 Å². The van der Waals surface area contributed by atoms with Gasteiger partial charge in [-0.15, -0.1) is 0 Å². The Labute approximate surface area is 277 Å². The van der Waals surface area contributed by atoms with Gasteiger partial charge in [0.25, 0.3) is 0 Å². The molecular weight excluding hydrogens is 569 g/mol. The van der Waals surface area contributed by atoms with Crippen molar-refractivity contribution in [3.8, 4) is 16.8 Å². The second-order valence-corrected chi connectivity index (χ2v) is 14.1. The number of nitrogens with zero attached hydrogens (tertiary/aromatic N) is 2. The van der Waals surface area contributed by atoms with Crippen LogP contribution in [0.1, 0.15) is 68.6 Å². The topological polar surface area (TPSA) is 8.17 Å². The molecule has 0 spiro atoms. The zero-order chi connectivity index (χ0) is 31.5. The molecule has 0 aliphatic heterocycles. The minimum atomic E-state index is -0.0621. The Bertz CT molecular complexity index is 2250. The first kappa shape index (κ1) is 28.2. The molecule has 0 amide bonds. The van der Waals surface area contributed by atoms with Crippen molar-refractivity contribution in [2.45, 2.75) is 57.3 Å². The van der Waals surface area contributed by atoms with Crippen LogP contribution in [0.25, 0.3) is 38.6 Å². The van der Waals surface area contributed by atoms with Crippen LogP contribution in [-0.2, 0) is 5.41 Å². The molecule has 230 valence electrons. The molecule has 1 fully saturated rings. The highest BCUT2D eigenvalue weighted by Gasteiger charge is 2.35. The van der Waals surface area contributed by atoms with Crippen molar-refractivity contribution in [2.24, 2.45) is 0 Å². The van der Waals surface area contributed by atoms with Crippen molar-refractivity contribution in [1.29, 1.82) is 0 Å². The van der Waals surface area contributed by atoms with Gasteiger partial charge in [0.15, 0.2) is 0 Å². The average molecular weight is 609 g/mol. The molecule has 2 aliphatic carbocycles. The minimum Gasteiger partial charge on any atom is -0.310 e. The highest BCUT2D eigenvalue weighted by atomic mass is 15.1. The highest BCUT2D eigenvalue weighted by molar-refractivity contribution is 6.11. The Balaban J connectivity index is 1.24. The van der Waals surface area contributed by atoms with E-state index in [2.05, 4.69) is 163 Å². The van der Waals surface area contributed by atoms with Gasteiger partial charge in [0.2, 0.25) is 0 Å². The summed E-state index contributed by atoms with van der Waals surface area (Å²) in [6, 6.07) is 52.0. The summed E-state index contributed by atoms with van der Waals surface area (Å²) in [4.78, 5) is 2.43. The first-order valence-electron chi connectivity index (χ1n) is 17.3. The standard InChI is InChI=1S/C45H40N2/c1-45(2)41-21-13-12-20-37(41)38-26-23-36(30-42(38)45)46(33-16-8-4-9-17-33)35-24-27-43-40(29-35)39-25-22-32(31-14-6-3-7-15-31)28-44(39)47(43)34-18-10-5-11-19-34/h4-5,8-13,16-31H,3,6-7,14-15H2,1-2H3. The normalized spacial score (nSPS) is 15.5. The van der Waals surface area contributed by atoms with Gasteiger partial charge in [-0.25, -0.2) is 0 Å². The molecule has 0 radical (unpaired) electrons. The molecule has 1 saturated carbocycles. The first-order valence-corrected chi connectivity index (χ1v) is 17.3. The molecule has 0 N–H and O–H groups in total. The van der Waals surface area contributed by atoms with E-state index in [4.69, 9.17) is 0 Å². The van der Waals surface area contributed by atoms with Gasteiger partial charge in [-0.05, 0) is 107 Å². The van der Waals surface area contributed by atoms with Crippen molar-refractivity contribution in [3.63, 3.8) is 0 Å². The van der Waals surface area contributed by atoms with E-state index < -0.39 is 0 Å². The Kier molecular flexibility index (Phi) is 6.61. The number of hydrogen-bond donors (Lipinski definition) is 0. The number of hydrogen-bond acceptors (Lipinski definition) is 1. The van der Waals surface area contributed by atoms with Crippen LogP contribution in [0, 0.1) is 0 Å². The Morgan fingerprint density at radius 3 is 2.02 bits per heavy atom. The van der Waals surface area contributed by atoms with Crippen molar-refractivity contribution in [2.75, 3.05) is 4.90 Å². The van der Waals surface area contributed by atoms with E-state index in [0.29, 0.717) is 5.92 Å². The van der Waals surface area contributed by atoms with Gasteiger partial charge in [-0.1, -0.05) is 112 Å². The summed E-state index contributed by atoms with van der Waals surface area (Å²) in [6.45, 7) is 4.72. The number of aromatic nitrogens is 1. The van der Waals surface area contributed by atoms with Crippen LogP contribution in [-0.4, -0.2) is 4.57 Å². The van der Waals surface area contributed by atoms with Crippen LogP contribution in [0.2, 0.25) is 0 Å². The van der Waals surface area contributed by atoms with Gasteiger partial charge in [-0.2, -0.15) is 0 Å². The summed E-state index contributed by atoms with van der Waals surface area (Å²) in [5.41, 5.74) is 14.2. The third kappa shape index (κ3) is 4.53. The van der Waals surface area contributed by atoms with Gasteiger partial charge in [-0.3, -0.25) is 0 Å². The van der Waals surface area contributed by atoms with Crippen LogP contribution in [0.4, 0.5) is 17.1 Å². The third-order valence-corrected chi connectivity index (χ3v) is 11.0. The molecule has 2 aliphatic rings. The van der Waals surface area contributed by atoms with Crippen LogP contribution in [0.3, 0.4) is 0 Å². The molecular formula is C45H40N2. The summed E-state index contributed by atoms with van der Waals surface area (Å²) >= 11 is 0. The van der Waals surface area contributed by atoms with Crippen molar-refractivity contribution < 1.29 is 0 Å². The van der Waals surface area contributed by atoms with E-state index in [1.54, 1.807) is 0 Å². The lowest BCUT2D eigenvalue weighted by molar-refractivity contribution is 0.444. The van der Waals surface area contributed by atoms with E-state index in [1.165, 1.54) is 98.8 Å². The number of fused-ring (bicyclic) bond motifs is 6. The predicted octanol–water partition coefficient (Wildman–Crippen LogP) is 12.6. The summed E-state index contributed by atoms with van der Waals surface area (Å²) in [5.74, 6) is 0.662. The lowest BCUT2D eigenvalue weighted by Crippen LogP contribution is -2.16. The average Bonchev–Trinajstić information content (AvgIpc) is 3.57. The van der Waals surface area contributed by atoms with Crippen molar-refractivity contribution in [1.82, 2.24) is 4.57 Å². The number of rotatable bonds is 5. The quantitative estimate of drug-likeness (QED) is 0.189. The fraction of sp³-hybridized carbons (Fsp3) is 0.200. The highest BCUT2D eigenvalue weighted by Crippen LogP contribution is 2.51. The summed E-state index contributed by atoms with van der Waals surface area (Å²) < 4.78 is 2.47. The molecule has 2 nitrogen and oxygen atoms in total. The van der Waals surface area contributed by atoms with Crippen LogP contribution < -0.4 is 4.90 Å². The zero-order valence-corrected chi connectivity index (χ0v) is 27.3. The number of para-hydroxylation sites is 2. The smallest absolute Gasteiger partial charge is 0.0543 e. The molecule has 1 aromatic heterocycles. The number of benzene rings is 6. The third-order valence-electron chi connectivity index (χ3n) is 11.0. The Morgan fingerprint density at radius 1 is 0.532 bits per heavy atom. The van der Waals surface area contributed by atoms with Crippen LogP contribution >= 0.6 is 0 Å².